The zero-order valence-corrected chi connectivity index (χ0v) is 11.9. The highest BCUT2D eigenvalue weighted by atomic mass is 16.3. The molecule has 2 aromatic rings. The lowest BCUT2D eigenvalue weighted by Crippen LogP contribution is -2.41. The smallest absolute Gasteiger partial charge is 0.237 e. The van der Waals surface area contributed by atoms with Crippen molar-refractivity contribution in [3.63, 3.8) is 0 Å². The molecule has 21 heavy (non-hydrogen) atoms. The second-order valence-electron chi connectivity index (χ2n) is 5.00. The first-order valence-corrected chi connectivity index (χ1v) is 6.77. The summed E-state index contributed by atoms with van der Waals surface area (Å²) >= 11 is 0. The number of benzene rings is 1. The Hall–Kier alpha value is -2.40. The molecule has 0 bridgehead atoms. The van der Waals surface area contributed by atoms with E-state index in [0.29, 0.717) is 13.0 Å². The molecule has 2 rings (SSSR count). The van der Waals surface area contributed by atoms with E-state index in [9.17, 15) is 9.90 Å². The lowest BCUT2D eigenvalue weighted by molar-refractivity contribution is -0.122. The molecule has 0 aliphatic heterocycles. The third-order valence-electron chi connectivity index (χ3n) is 3.33. The number of amides is 1. The van der Waals surface area contributed by atoms with Crippen LogP contribution < -0.4 is 11.1 Å². The van der Waals surface area contributed by atoms with Crippen molar-refractivity contribution in [2.24, 2.45) is 5.73 Å². The van der Waals surface area contributed by atoms with Gasteiger partial charge >= 0.3 is 0 Å². The van der Waals surface area contributed by atoms with Crippen molar-refractivity contribution >= 4 is 5.91 Å². The van der Waals surface area contributed by atoms with Crippen LogP contribution in [-0.2, 0) is 17.8 Å². The van der Waals surface area contributed by atoms with Crippen LogP contribution in [0, 0.1) is 6.92 Å². The van der Waals surface area contributed by atoms with Crippen molar-refractivity contribution in [1.29, 1.82) is 0 Å². The molecule has 0 saturated carbocycles. The summed E-state index contributed by atoms with van der Waals surface area (Å²) in [7, 11) is 0. The number of phenolic OH excluding ortho intramolecular Hbond substituents is 1. The number of rotatable bonds is 5. The molecule has 0 aliphatic carbocycles. The third kappa shape index (κ3) is 4.29. The number of hydrogen-bond acceptors (Lipinski definition) is 4. The summed E-state index contributed by atoms with van der Waals surface area (Å²) in [6.45, 7) is 2.39. The Bertz CT molecular complexity index is 611. The Morgan fingerprint density at radius 3 is 2.71 bits per heavy atom. The van der Waals surface area contributed by atoms with Crippen LogP contribution >= 0.6 is 0 Å². The number of carbonyl (C=O) groups is 1. The van der Waals surface area contributed by atoms with Crippen molar-refractivity contribution in [1.82, 2.24) is 10.3 Å². The topological polar surface area (TPSA) is 88.2 Å². The summed E-state index contributed by atoms with van der Waals surface area (Å²) < 4.78 is 0. The molecule has 4 N–H and O–H groups in total. The Morgan fingerprint density at radius 1 is 1.33 bits per heavy atom. The van der Waals surface area contributed by atoms with E-state index in [-0.39, 0.29) is 11.7 Å². The number of aromatic hydroxyl groups is 1. The maximum Gasteiger partial charge on any atom is 0.237 e. The molecule has 0 spiro atoms. The second-order valence-corrected chi connectivity index (χ2v) is 5.00. The molecule has 1 amide bonds. The molecule has 0 unspecified atom stereocenters. The third-order valence-corrected chi connectivity index (χ3v) is 3.33. The predicted octanol–water partition coefficient (Wildman–Crippen LogP) is 1.28. The number of nitrogens with two attached hydrogens (primary N) is 1. The molecule has 0 aliphatic rings. The van der Waals surface area contributed by atoms with E-state index < -0.39 is 6.04 Å². The van der Waals surface area contributed by atoms with Gasteiger partial charge in [-0.1, -0.05) is 12.1 Å². The molecule has 1 aromatic carbocycles. The van der Waals surface area contributed by atoms with Gasteiger partial charge in [0.2, 0.25) is 5.91 Å². The lowest BCUT2D eigenvalue weighted by Gasteiger charge is -2.13. The first kappa shape index (κ1) is 15.0. The standard InChI is InChI=1S/C16H19N3O2/c1-11-6-7-18-9-13(11)10-19-16(21)15(17)8-12-2-4-14(20)5-3-12/h2-7,9,15,20H,8,10,17H2,1H3,(H,19,21)/t15-/m1/s1. The van der Waals surface area contributed by atoms with Crippen molar-refractivity contribution in [2.45, 2.75) is 25.9 Å². The first-order valence-electron chi connectivity index (χ1n) is 6.77. The van der Waals surface area contributed by atoms with Gasteiger partial charge in [0, 0.05) is 18.9 Å². The van der Waals surface area contributed by atoms with E-state index in [1.807, 2.05) is 13.0 Å². The number of pyridine rings is 1. The molecular formula is C16H19N3O2. The lowest BCUT2D eigenvalue weighted by atomic mass is 10.1. The van der Waals surface area contributed by atoms with Crippen molar-refractivity contribution in [3.8, 4) is 5.75 Å². The van der Waals surface area contributed by atoms with Crippen LogP contribution in [0.1, 0.15) is 16.7 Å². The fraction of sp³-hybridized carbons (Fsp3) is 0.250. The average molecular weight is 285 g/mol. The van der Waals surface area contributed by atoms with Crippen molar-refractivity contribution in [3.05, 3.63) is 59.4 Å². The van der Waals surface area contributed by atoms with Crippen LogP contribution in [0.2, 0.25) is 0 Å². The van der Waals surface area contributed by atoms with Gasteiger partial charge in [-0.3, -0.25) is 9.78 Å². The molecular weight excluding hydrogens is 266 g/mol. The number of nitrogens with one attached hydrogen (secondary N) is 1. The van der Waals surface area contributed by atoms with Gasteiger partial charge in [-0.05, 0) is 48.2 Å². The number of hydrogen-bond donors (Lipinski definition) is 3. The van der Waals surface area contributed by atoms with Gasteiger partial charge in [-0.2, -0.15) is 0 Å². The number of aromatic nitrogens is 1. The molecule has 1 aromatic heterocycles. The molecule has 1 atom stereocenters. The summed E-state index contributed by atoms with van der Waals surface area (Å²) in [5.41, 5.74) is 8.87. The molecule has 110 valence electrons. The van der Waals surface area contributed by atoms with E-state index in [1.165, 1.54) is 0 Å². The average Bonchev–Trinajstić information content (AvgIpc) is 2.48. The Kier molecular flexibility index (Phi) is 4.90. The number of nitrogens with zero attached hydrogens (tertiary/aromatic N) is 1. The van der Waals surface area contributed by atoms with Gasteiger partial charge < -0.3 is 16.2 Å². The Morgan fingerprint density at radius 2 is 2.05 bits per heavy atom. The van der Waals surface area contributed by atoms with Crippen LogP contribution in [0.4, 0.5) is 0 Å². The van der Waals surface area contributed by atoms with E-state index in [4.69, 9.17) is 5.73 Å². The van der Waals surface area contributed by atoms with Gasteiger partial charge in [0.25, 0.3) is 0 Å². The van der Waals surface area contributed by atoms with Crippen molar-refractivity contribution in [2.75, 3.05) is 0 Å². The molecule has 1 heterocycles. The summed E-state index contributed by atoms with van der Waals surface area (Å²) in [4.78, 5) is 16.0. The zero-order chi connectivity index (χ0) is 15.2. The Labute approximate surface area is 123 Å². The van der Waals surface area contributed by atoms with Gasteiger partial charge in [0.1, 0.15) is 5.75 Å². The largest absolute Gasteiger partial charge is 0.508 e. The van der Waals surface area contributed by atoms with Crippen molar-refractivity contribution < 1.29 is 9.90 Å². The number of carbonyl (C=O) groups excluding carboxylic acids is 1. The fourth-order valence-electron chi connectivity index (χ4n) is 1.97. The van der Waals surface area contributed by atoms with Crippen LogP contribution in [0.25, 0.3) is 0 Å². The summed E-state index contributed by atoms with van der Waals surface area (Å²) in [5.74, 6) is -0.00449. The predicted molar refractivity (Wildman–Crippen MR) is 80.6 cm³/mol. The van der Waals surface area contributed by atoms with E-state index in [1.54, 1.807) is 36.7 Å². The summed E-state index contributed by atoms with van der Waals surface area (Å²) in [6.07, 6.45) is 3.89. The molecule has 5 heteroatoms. The minimum absolute atomic E-state index is 0.198. The minimum Gasteiger partial charge on any atom is -0.508 e. The maximum absolute atomic E-state index is 12.0. The molecule has 5 nitrogen and oxygen atoms in total. The van der Waals surface area contributed by atoms with Gasteiger partial charge in [-0.25, -0.2) is 0 Å². The summed E-state index contributed by atoms with van der Waals surface area (Å²) in [5, 5.41) is 12.0. The normalized spacial score (nSPS) is 11.9. The van der Waals surface area contributed by atoms with E-state index in [0.717, 1.165) is 16.7 Å². The van der Waals surface area contributed by atoms with Crippen LogP contribution in [-0.4, -0.2) is 22.0 Å². The fourth-order valence-corrected chi connectivity index (χ4v) is 1.97. The number of phenols is 1. The van der Waals surface area contributed by atoms with Crippen LogP contribution in [0.15, 0.2) is 42.7 Å². The van der Waals surface area contributed by atoms with E-state index in [2.05, 4.69) is 10.3 Å². The van der Waals surface area contributed by atoms with Gasteiger partial charge in [-0.15, -0.1) is 0 Å². The number of aryl methyl sites for hydroxylation is 1. The first-order chi connectivity index (χ1) is 10.1. The minimum atomic E-state index is -0.619. The highest BCUT2D eigenvalue weighted by Gasteiger charge is 2.14. The SMILES string of the molecule is Cc1ccncc1CNC(=O)[C@H](N)Cc1ccc(O)cc1. The van der Waals surface area contributed by atoms with E-state index >= 15 is 0 Å². The highest BCUT2D eigenvalue weighted by Crippen LogP contribution is 2.11. The quantitative estimate of drug-likeness (QED) is 0.772. The summed E-state index contributed by atoms with van der Waals surface area (Å²) in [6, 6.07) is 7.96. The molecule has 0 radical (unpaired) electrons. The Balaban J connectivity index is 1.88. The van der Waals surface area contributed by atoms with Gasteiger partial charge in [0.05, 0.1) is 6.04 Å². The highest BCUT2D eigenvalue weighted by molar-refractivity contribution is 5.81. The molecule has 0 saturated heterocycles. The van der Waals surface area contributed by atoms with Crippen LogP contribution in [0.5, 0.6) is 5.75 Å². The van der Waals surface area contributed by atoms with Gasteiger partial charge in [0.15, 0.2) is 0 Å². The van der Waals surface area contributed by atoms with Crippen LogP contribution in [0.3, 0.4) is 0 Å². The monoisotopic (exact) mass is 285 g/mol. The molecule has 0 fully saturated rings. The maximum atomic E-state index is 12.0. The second kappa shape index (κ2) is 6.85. The zero-order valence-electron chi connectivity index (χ0n) is 11.9.